The van der Waals surface area contributed by atoms with Crippen LogP contribution < -0.4 is 0 Å². The smallest absolute Gasteiger partial charge is 0.132 e. The monoisotopic (exact) mass is 212 g/mol. The van der Waals surface area contributed by atoms with E-state index < -0.39 is 0 Å². The molecule has 2 rings (SSSR count). The minimum Gasteiger partial charge on any atom is -0.256 e. The predicted molar refractivity (Wildman–Crippen MR) is 58.9 cm³/mol. The van der Waals surface area contributed by atoms with Crippen LogP contribution in [0.5, 0.6) is 0 Å². The first-order valence-electron chi connectivity index (χ1n) is 4.88. The van der Waals surface area contributed by atoms with Gasteiger partial charge in [-0.25, -0.2) is 4.39 Å². The lowest BCUT2D eigenvalue weighted by atomic mass is 10.1. The minimum atomic E-state index is -0.302. The van der Waals surface area contributed by atoms with Crippen LogP contribution in [0.4, 0.5) is 4.39 Å². The second-order valence-electron chi connectivity index (χ2n) is 3.36. The van der Waals surface area contributed by atoms with E-state index in [1.54, 1.807) is 36.5 Å². The second kappa shape index (κ2) is 4.54. The summed E-state index contributed by atoms with van der Waals surface area (Å²) in [6.07, 6.45) is 1.90. The molecule has 0 atom stereocenters. The summed E-state index contributed by atoms with van der Waals surface area (Å²) in [7, 11) is 0. The number of nitrogens with zero attached hydrogens (tertiary/aromatic N) is 2. The van der Waals surface area contributed by atoms with E-state index in [1.165, 1.54) is 6.07 Å². The zero-order valence-corrected chi connectivity index (χ0v) is 8.52. The van der Waals surface area contributed by atoms with Crippen LogP contribution in [0, 0.1) is 17.1 Å². The molecule has 16 heavy (non-hydrogen) atoms. The number of aromatic nitrogens is 1. The summed E-state index contributed by atoms with van der Waals surface area (Å²) in [4.78, 5) is 4.10. The molecular weight excluding hydrogens is 203 g/mol. The van der Waals surface area contributed by atoms with Gasteiger partial charge in [-0.15, -0.1) is 0 Å². The van der Waals surface area contributed by atoms with Crippen molar-refractivity contribution in [1.82, 2.24) is 4.98 Å². The van der Waals surface area contributed by atoms with Crippen molar-refractivity contribution in [3.63, 3.8) is 0 Å². The Kier molecular flexibility index (Phi) is 2.93. The van der Waals surface area contributed by atoms with Crippen LogP contribution in [-0.2, 0) is 6.42 Å². The number of halogens is 1. The second-order valence-corrected chi connectivity index (χ2v) is 3.36. The van der Waals surface area contributed by atoms with Gasteiger partial charge >= 0.3 is 0 Å². The van der Waals surface area contributed by atoms with Crippen molar-refractivity contribution in [1.29, 1.82) is 5.26 Å². The Labute approximate surface area is 93.0 Å². The fraction of sp³-hybridized carbons (Fsp3) is 0.0769. The highest BCUT2D eigenvalue weighted by Gasteiger charge is 2.05. The molecule has 0 saturated heterocycles. The third kappa shape index (κ3) is 2.06. The molecule has 1 heterocycles. The number of pyridine rings is 1. The molecule has 0 N–H and O–H groups in total. The van der Waals surface area contributed by atoms with Gasteiger partial charge in [0.15, 0.2) is 0 Å². The van der Waals surface area contributed by atoms with Crippen LogP contribution in [0.1, 0.15) is 5.56 Å². The van der Waals surface area contributed by atoms with E-state index in [0.29, 0.717) is 17.7 Å². The quantitative estimate of drug-likeness (QED) is 0.767. The largest absolute Gasteiger partial charge is 0.256 e. The van der Waals surface area contributed by atoms with Crippen LogP contribution in [0.25, 0.3) is 11.3 Å². The number of rotatable bonds is 2. The number of benzene rings is 1. The van der Waals surface area contributed by atoms with Crippen LogP contribution in [0.15, 0.2) is 42.6 Å². The van der Waals surface area contributed by atoms with Gasteiger partial charge in [0.2, 0.25) is 0 Å². The molecule has 0 saturated carbocycles. The number of hydrogen-bond acceptors (Lipinski definition) is 2. The van der Waals surface area contributed by atoms with E-state index >= 15 is 0 Å². The lowest BCUT2D eigenvalue weighted by Crippen LogP contribution is -1.90. The van der Waals surface area contributed by atoms with Gasteiger partial charge in [-0.3, -0.25) is 4.98 Å². The molecule has 78 valence electrons. The fourth-order valence-electron chi connectivity index (χ4n) is 1.49. The van der Waals surface area contributed by atoms with Crippen molar-refractivity contribution in [2.75, 3.05) is 0 Å². The van der Waals surface area contributed by atoms with Gasteiger partial charge in [0.25, 0.3) is 0 Å². The Bertz CT molecular complexity index is 544. The summed E-state index contributed by atoms with van der Waals surface area (Å²) >= 11 is 0. The highest BCUT2D eigenvalue weighted by molar-refractivity contribution is 5.60. The fourth-order valence-corrected chi connectivity index (χ4v) is 1.49. The van der Waals surface area contributed by atoms with Crippen molar-refractivity contribution >= 4 is 0 Å². The van der Waals surface area contributed by atoms with E-state index in [4.69, 9.17) is 5.26 Å². The third-order valence-electron chi connectivity index (χ3n) is 2.26. The lowest BCUT2D eigenvalue weighted by Gasteiger charge is -2.03. The molecule has 0 amide bonds. The summed E-state index contributed by atoms with van der Waals surface area (Å²) in [6.45, 7) is 0. The summed E-state index contributed by atoms with van der Waals surface area (Å²) in [6, 6.07) is 12.0. The number of nitriles is 1. The topological polar surface area (TPSA) is 36.7 Å². The lowest BCUT2D eigenvalue weighted by molar-refractivity contribution is 0.630. The summed E-state index contributed by atoms with van der Waals surface area (Å²) in [5.74, 6) is -0.302. The molecule has 1 aromatic carbocycles. The summed E-state index contributed by atoms with van der Waals surface area (Å²) in [5, 5.41) is 8.59. The predicted octanol–water partition coefficient (Wildman–Crippen LogP) is 2.95. The van der Waals surface area contributed by atoms with Gasteiger partial charge in [0.05, 0.1) is 18.2 Å². The Morgan fingerprint density at radius 3 is 2.81 bits per heavy atom. The summed E-state index contributed by atoms with van der Waals surface area (Å²) < 4.78 is 13.5. The zero-order valence-electron chi connectivity index (χ0n) is 8.52. The Balaban J connectivity index is 2.45. The molecule has 0 bridgehead atoms. The van der Waals surface area contributed by atoms with Crippen LogP contribution in [-0.4, -0.2) is 4.98 Å². The standard InChI is InChI=1S/C13H9FN2/c14-12-4-2-1-3-11(12)13-9-10(5-7-15)6-8-16-13/h1-4,6,8-9H,5H2. The number of hydrogen-bond donors (Lipinski definition) is 0. The first kappa shape index (κ1) is 10.3. The molecule has 0 aliphatic heterocycles. The minimum absolute atomic E-state index is 0.302. The van der Waals surface area contributed by atoms with Crippen molar-refractivity contribution in [2.24, 2.45) is 0 Å². The molecule has 2 nitrogen and oxygen atoms in total. The van der Waals surface area contributed by atoms with Crippen LogP contribution in [0.3, 0.4) is 0 Å². The van der Waals surface area contributed by atoms with Crippen molar-refractivity contribution in [2.45, 2.75) is 6.42 Å². The molecule has 0 aliphatic carbocycles. The molecule has 0 aliphatic rings. The molecule has 0 spiro atoms. The maximum absolute atomic E-state index is 13.5. The normalized spacial score (nSPS) is 9.75. The van der Waals surface area contributed by atoms with Gasteiger partial charge in [-0.05, 0) is 29.8 Å². The molecule has 1 aromatic heterocycles. The first-order valence-corrected chi connectivity index (χ1v) is 4.88. The highest BCUT2D eigenvalue weighted by Crippen LogP contribution is 2.20. The summed E-state index contributed by atoms with van der Waals surface area (Å²) in [5.41, 5.74) is 1.86. The van der Waals surface area contributed by atoms with E-state index in [-0.39, 0.29) is 5.82 Å². The van der Waals surface area contributed by atoms with E-state index in [0.717, 1.165) is 5.56 Å². The van der Waals surface area contributed by atoms with Gasteiger partial charge in [0, 0.05) is 11.8 Å². The average molecular weight is 212 g/mol. The third-order valence-corrected chi connectivity index (χ3v) is 2.26. The van der Waals surface area contributed by atoms with Crippen LogP contribution >= 0.6 is 0 Å². The van der Waals surface area contributed by atoms with Crippen molar-refractivity contribution in [3.8, 4) is 17.3 Å². The van der Waals surface area contributed by atoms with Gasteiger partial charge in [-0.1, -0.05) is 12.1 Å². The maximum atomic E-state index is 13.5. The Morgan fingerprint density at radius 1 is 1.25 bits per heavy atom. The van der Waals surface area contributed by atoms with Gasteiger partial charge in [-0.2, -0.15) is 5.26 Å². The molecule has 0 radical (unpaired) electrons. The maximum Gasteiger partial charge on any atom is 0.132 e. The molecule has 2 aromatic rings. The van der Waals surface area contributed by atoms with Crippen molar-refractivity contribution < 1.29 is 4.39 Å². The SMILES string of the molecule is N#CCc1ccnc(-c2ccccc2F)c1. The van der Waals surface area contributed by atoms with E-state index in [2.05, 4.69) is 11.1 Å². The highest BCUT2D eigenvalue weighted by atomic mass is 19.1. The Morgan fingerprint density at radius 2 is 2.06 bits per heavy atom. The molecule has 0 unspecified atom stereocenters. The average Bonchev–Trinajstić information content (AvgIpc) is 2.30. The van der Waals surface area contributed by atoms with E-state index in [9.17, 15) is 4.39 Å². The molecular formula is C13H9FN2. The van der Waals surface area contributed by atoms with Gasteiger partial charge in [0.1, 0.15) is 5.82 Å². The Hall–Kier alpha value is -2.21. The zero-order chi connectivity index (χ0) is 11.4. The first-order chi connectivity index (χ1) is 7.81. The van der Waals surface area contributed by atoms with Crippen LogP contribution in [0.2, 0.25) is 0 Å². The van der Waals surface area contributed by atoms with E-state index in [1.807, 2.05) is 0 Å². The molecule has 3 heteroatoms. The molecule has 0 fully saturated rings. The van der Waals surface area contributed by atoms with Crippen molar-refractivity contribution in [3.05, 3.63) is 54.0 Å². The van der Waals surface area contributed by atoms with Gasteiger partial charge < -0.3 is 0 Å².